The molecule has 4 rings (SSSR count). The number of aromatic nitrogens is 2. The van der Waals surface area contributed by atoms with E-state index in [1.807, 2.05) is 49.4 Å². The minimum atomic E-state index is -0.350. The zero-order valence-corrected chi connectivity index (χ0v) is 18.4. The highest BCUT2D eigenvalue weighted by Crippen LogP contribution is 2.22. The van der Waals surface area contributed by atoms with Crippen molar-refractivity contribution in [1.82, 2.24) is 14.7 Å². The summed E-state index contributed by atoms with van der Waals surface area (Å²) < 4.78 is 11.8. The number of anilines is 1. The van der Waals surface area contributed by atoms with Gasteiger partial charge in [0.1, 0.15) is 5.75 Å². The molecule has 1 aromatic heterocycles. The monoisotopic (exact) mass is 434 g/mol. The van der Waals surface area contributed by atoms with Gasteiger partial charge in [-0.3, -0.25) is 9.59 Å². The first kappa shape index (κ1) is 21.4. The van der Waals surface area contributed by atoms with Crippen LogP contribution in [0.4, 0.5) is 5.69 Å². The van der Waals surface area contributed by atoms with Crippen LogP contribution in [0.5, 0.6) is 11.5 Å². The third-order valence-electron chi connectivity index (χ3n) is 5.67. The number of nitrogens with zero attached hydrogens (tertiary/aromatic N) is 4. The van der Waals surface area contributed by atoms with Crippen LogP contribution in [0.1, 0.15) is 16.1 Å². The summed E-state index contributed by atoms with van der Waals surface area (Å²) in [6, 6.07) is 16.6. The van der Waals surface area contributed by atoms with Crippen molar-refractivity contribution in [3.05, 3.63) is 76.2 Å². The Hall–Kier alpha value is -3.81. The van der Waals surface area contributed by atoms with E-state index in [-0.39, 0.29) is 22.9 Å². The van der Waals surface area contributed by atoms with Gasteiger partial charge < -0.3 is 19.3 Å². The summed E-state index contributed by atoms with van der Waals surface area (Å²) in [4.78, 5) is 29.9. The first-order valence-electron chi connectivity index (χ1n) is 10.4. The molecule has 0 spiro atoms. The minimum Gasteiger partial charge on any atom is -0.497 e. The van der Waals surface area contributed by atoms with Gasteiger partial charge in [-0.2, -0.15) is 9.78 Å². The lowest BCUT2D eigenvalue weighted by Crippen LogP contribution is -2.49. The van der Waals surface area contributed by atoms with Gasteiger partial charge in [-0.25, -0.2) is 0 Å². The maximum absolute atomic E-state index is 13.3. The predicted molar refractivity (Wildman–Crippen MR) is 122 cm³/mol. The summed E-state index contributed by atoms with van der Waals surface area (Å²) in [5.41, 5.74) is 2.39. The molecule has 166 valence electrons. The molecule has 1 fully saturated rings. The number of carbonyl (C=O) groups excluding carboxylic acids is 1. The van der Waals surface area contributed by atoms with Gasteiger partial charge in [-0.1, -0.05) is 18.2 Å². The van der Waals surface area contributed by atoms with Crippen molar-refractivity contribution in [3.63, 3.8) is 0 Å². The summed E-state index contributed by atoms with van der Waals surface area (Å²) in [7, 11) is 3.08. The predicted octanol–water partition coefficient (Wildman–Crippen LogP) is 2.52. The minimum absolute atomic E-state index is 0.133. The molecule has 1 aliphatic heterocycles. The standard InChI is InChI=1S/C24H26N4O4/c1-17-6-4-5-7-20(17)28-22(29)16-21(32-3)23(25-28)24(30)27-14-12-26(13-15-27)18-8-10-19(31-2)11-9-18/h4-11,16H,12-15H2,1-3H3. The Balaban J connectivity index is 1.56. The molecule has 0 bridgehead atoms. The lowest BCUT2D eigenvalue weighted by Gasteiger charge is -2.36. The Morgan fingerprint density at radius 1 is 0.938 bits per heavy atom. The fourth-order valence-corrected chi connectivity index (χ4v) is 3.83. The molecule has 8 heteroatoms. The van der Waals surface area contributed by atoms with Crippen molar-refractivity contribution in [1.29, 1.82) is 0 Å². The SMILES string of the molecule is COc1ccc(N2CCN(C(=O)c3nn(-c4ccccc4C)c(=O)cc3OC)CC2)cc1. The number of methoxy groups -OCH3 is 2. The molecule has 3 aromatic rings. The van der Waals surface area contributed by atoms with Gasteiger partial charge >= 0.3 is 0 Å². The molecular weight excluding hydrogens is 408 g/mol. The highest BCUT2D eigenvalue weighted by molar-refractivity contribution is 5.95. The van der Waals surface area contributed by atoms with Gasteiger partial charge in [0, 0.05) is 31.9 Å². The topological polar surface area (TPSA) is 76.9 Å². The number of benzene rings is 2. The zero-order chi connectivity index (χ0) is 22.7. The van der Waals surface area contributed by atoms with E-state index in [4.69, 9.17) is 9.47 Å². The third kappa shape index (κ3) is 4.16. The Kier molecular flexibility index (Phi) is 6.11. The number of rotatable bonds is 5. The van der Waals surface area contributed by atoms with Gasteiger partial charge in [-0.05, 0) is 42.8 Å². The van der Waals surface area contributed by atoms with Crippen LogP contribution in [-0.2, 0) is 0 Å². The zero-order valence-electron chi connectivity index (χ0n) is 18.4. The molecule has 1 amide bonds. The lowest BCUT2D eigenvalue weighted by molar-refractivity contribution is 0.0734. The van der Waals surface area contributed by atoms with Crippen LogP contribution in [-0.4, -0.2) is 61.0 Å². The van der Waals surface area contributed by atoms with Gasteiger partial charge in [0.05, 0.1) is 26.0 Å². The van der Waals surface area contributed by atoms with E-state index in [0.717, 1.165) is 17.0 Å². The van der Waals surface area contributed by atoms with E-state index in [2.05, 4.69) is 10.00 Å². The second-order valence-corrected chi connectivity index (χ2v) is 7.58. The van der Waals surface area contributed by atoms with Crippen LogP contribution in [0.15, 0.2) is 59.4 Å². The average Bonchev–Trinajstić information content (AvgIpc) is 2.84. The molecule has 0 radical (unpaired) electrons. The molecule has 2 heterocycles. The molecule has 0 saturated carbocycles. The number of para-hydroxylation sites is 1. The first-order chi connectivity index (χ1) is 15.5. The van der Waals surface area contributed by atoms with Crippen molar-refractivity contribution in [2.45, 2.75) is 6.92 Å². The normalized spacial score (nSPS) is 13.7. The van der Waals surface area contributed by atoms with Gasteiger partial charge in [-0.15, -0.1) is 0 Å². The second kappa shape index (κ2) is 9.13. The number of aryl methyl sites for hydroxylation is 1. The number of hydrogen-bond acceptors (Lipinski definition) is 6. The maximum Gasteiger partial charge on any atom is 0.278 e. The number of carbonyl (C=O) groups is 1. The van der Waals surface area contributed by atoms with E-state index in [1.165, 1.54) is 17.9 Å². The van der Waals surface area contributed by atoms with E-state index in [0.29, 0.717) is 31.9 Å². The fraction of sp³-hybridized carbons (Fsp3) is 0.292. The second-order valence-electron chi connectivity index (χ2n) is 7.58. The van der Waals surface area contributed by atoms with Gasteiger partial charge in [0.15, 0.2) is 11.4 Å². The largest absolute Gasteiger partial charge is 0.497 e. The van der Waals surface area contributed by atoms with Crippen molar-refractivity contribution < 1.29 is 14.3 Å². The molecular formula is C24H26N4O4. The highest BCUT2D eigenvalue weighted by atomic mass is 16.5. The summed E-state index contributed by atoms with van der Waals surface area (Å²) in [6.07, 6.45) is 0. The molecule has 0 unspecified atom stereocenters. The fourth-order valence-electron chi connectivity index (χ4n) is 3.83. The Labute approximate surface area is 186 Å². The molecule has 1 aliphatic rings. The molecule has 32 heavy (non-hydrogen) atoms. The van der Waals surface area contributed by atoms with E-state index >= 15 is 0 Å². The smallest absolute Gasteiger partial charge is 0.278 e. The van der Waals surface area contributed by atoms with Crippen LogP contribution in [0.2, 0.25) is 0 Å². The van der Waals surface area contributed by atoms with E-state index in [9.17, 15) is 9.59 Å². The molecule has 8 nitrogen and oxygen atoms in total. The Morgan fingerprint density at radius 3 is 2.25 bits per heavy atom. The molecule has 0 aliphatic carbocycles. The molecule has 1 saturated heterocycles. The van der Waals surface area contributed by atoms with Crippen molar-refractivity contribution in [2.75, 3.05) is 45.3 Å². The van der Waals surface area contributed by atoms with Crippen molar-refractivity contribution in [2.24, 2.45) is 0 Å². The summed E-state index contributed by atoms with van der Waals surface area (Å²) in [5.74, 6) is 0.741. The van der Waals surface area contributed by atoms with Crippen LogP contribution in [0.25, 0.3) is 5.69 Å². The summed E-state index contributed by atoms with van der Waals surface area (Å²) in [5, 5.41) is 4.41. The van der Waals surface area contributed by atoms with Crippen molar-refractivity contribution >= 4 is 11.6 Å². The van der Waals surface area contributed by atoms with Crippen LogP contribution in [0, 0.1) is 6.92 Å². The van der Waals surface area contributed by atoms with Gasteiger partial charge in [0.25, 0.3) is 11.5 Å². The Morgan fingerprint density at radius 2 is 1.62 bits per heavy atom. The third-order valence-corrected chi connectivity index (χ3v) is 5.67. The Bertz CT molecular complexity index is 1170. The van der Waals surface area contributed by atoms with E-state index in [1.54, 1.807) is 18.1 Å². The van der Waals surface area contributed by atoms with Crippen LogP contribution in [0.3, 0.4) is 0 Å². The highest BCUT2D eigenvalue weighted by Gasteiger charge is 2.27. The molecule has 0 N–H and O–H groups in total. The molecule has 0 atom stereocenters. The van der Waals surface area contributed by atoms with Crippen LogP contribution < -0.4 is 19.9 Å². The van der Waals surface area contributed by atoms with Gasteiger partial charge in [0.2, 0.25) is 0 Å². The number of hydrogen-bond donors (Lipinski definition) is 0. The average molecular weight is 434 g/mol. The maximum atomic E-state index is 13.3. The molecule has 2 aromatic carbocycles. The lowest BCUT2D eigenvalue weighted by atomic mass is 10.2. The number of ether oxygens (including phenoxy) is 2. The number of piperazine rings is 1. The van der Waals surface area contributed by atoms with E-state index < -0.39 is 0 Å². The van der Waals surface area contributed by atoms with Crippen LogP contribution >= 0.6 is 0 Å². The van der Waals surface area contributed by atoms with Crippen molar-refractivity contribution in [3.8, 4) is 17.2 Å². The quantitative estimate of drug-likeness (QED) is 0.614. The summed E-state index contributed by atoms with van der Waals surface area (Å²) >= 11 is 0. The number of amides is 1. The summed E-state index contributed by atoms with van der Waals surface area (Å²) in [6.45, 7) is 4.36. The first-order valence-corrected chi connectivity index (χ1v) is 10.4.